The second-order valence-electron chi connectivity index (χ2n) is 3.64. The Hall–Kier alpha value is -0.240. The molecule has 0 aromatic heterocycles. The van der Waals surface area contributed by atoms with Gasteiger partial charge in [-0.05, 0) is 6.42 Å². The lowest BCUT2D eigenvalue weighted by molar-refractivity contribution is -0.101. The van der Waals surface area contributed by atoms with E-state index in [4.69, 9.17) is 10.2 Å². The molecule has 6 N–H and O–H groups in total. The molecule has 1 saturated heterocycles. The number of β-amino-alcohol motifs (C(OH)–C–C–N with tert-alkyl or cyclic N) is 1. The van der Waals surface area contributed by atoms with Gasteiger partial charge in [0, 0.05) is 12.6 Å². The summed E-state index contributed by atoms with van der Waals surface area (Å²) in [5, 5.41) is 48.5. The van der Waals surface area contributed by atoms with Crippen molar-refractivity contribution in [3.63, 3.8) is 0 Å². The number of piperidine rings is 1. The summed E-state index contributed by atoms with van der Waals surface area (Å²) in [5.41, 5.74) is 0. The zero-order valence-electron chi connectivity index (χ0n) is 7.74. The summed E-state index contributed by atoms with van der Waals surface area (Å²) in [7, 11) is 0. The van der Waals surface area contributed by atoms with Crippen LogP contribution in [0.4, 0.5) is 0 Å². The third-order valence-electron chi connectivity index (χ3n) is 2.48. The van der Waals surface area contributed by atoms with E-state index < -0.39 is 30.5 Å². The van der Waals surface area contributed by atoms with Crippen molar-refractivity contribution in [2.24, 2.45) is 0 Å². The van der Waals surface area contributed by atoms with Crippen LogP contribution in [0.15, 0.2) is 0 Å². The van der Waals surface area contributed by atoms with Crippen LogP contribution in [0.5, 0.6) is 0 Å². The summed E-state index contributed by atoms with van der Waals surface area (Å²) in [5.74, 6) is 0. The summed E-state index contributed by atoms with van der Waals surface area (Å²) in [6.45, 7) is -0.218. The van der Waals surface area contributed by atoms with Gasteiger partial charge in [-0.25, -0.2) is 0 Å². The van der Waals surface area contributed by atoms with Gasteiger partial charge in [0.25, 0.3) is 0 Å². The minimum atomic E-state index is -1.20. The fraction of sp³-hybridized carbons (Fsp3) is 1.00. The van der Waals surface area contributed by atoms with E-state index in [1.54, 1.807) is 0 Å². The Morgan fingerprint density at radius 1 is 1.21 bits per heavy atom. The van der Waals surface area contributed by atoms with Gasteiger partial charge in [-0.15, -0.1) is 0 Å². The summed E-state index contributed by atoms with van der Waals surface area (Å²) < 4.78 is 0. The van der Waals surface area contributed by atoms with Crippen molar-refractivity contribution in [2.45, 2.75) is 36.9 Å². The Balaban J connectivity index is 2.46. The van der Waals surface area contributed by atoms with E-state index in [0.717, 1.165) is 0 Å². The molecule has 0 aromatic rings. The van der Waals surface area contributed by atoms with Gasteiger partial charge in [0.1, 0.15) is 6.10 Å². The Morgan fingerprint density at radius 3 is 2.43 bits per heavy atom. The average molecular weight is 207 g/mol. The number of nitrogens with one attached hydrogen (secondary N) is 1. The maximum atomic E-state index is 9.49. The van der Waals surface area contributed by atoms with Crippen LogP contribution in [0, 0.1) is 0 Å². The predicted octanol–water partition coefficient (Wildman–Crippen LogP) is -3.22. The average Bonchev–Trinajstić information content (AvgIpc) is 2.19. The van der Waals surface area contributed by atoms with Gasteiger partial charge in [0.05, 0.1) is 24.9 Å². The van der Waals surface area contributed by atoms with Crippen molar-refractivity contribution in [1.29, 1.82) is 0 Å². The fourth-order valence-corrected chi connectivity index (χ4v) is 1.57. The molecular weight excluding hydrogens is 190 g/mol. The topological polar surface area (TPSA) is 113 Å². The Bertz CT molecular complexity index is 179. The van der Waals surface area contributed by atoms with Crippen molar-refractivity contribution in [1.82, 2.24) is 5.32 Å². The Labute approximate surface area is 81.8 Å². The monoisotopic (exact) mass is 207 g/mol. The van der Waals surface area contributed by atoms with E-state index in [1.165, 1.54) is 0 Å². The van der Waals surface area contributed by atoms with Crippen LogP contribution in [0.2, 0.25) is 0 Å². The van der Waals surface area contributed by atoms with Crippen molar-refractivity contribution >= 4 is 0 Å². The van der Waals surface area contributed by atoms with Crippen LogP contribution in [0.25, 0.3) is 0 Å². The first kappa shape index (κ1) is 11.8. The van der Waals surface area contributed by atoms with Gasteiger partial charge in [0.2, 0.25) is 0 Å². The number of aliphatic hydroxyl groups is 5. The van der Waals surface area contributed by atoms with E-state index in [-0.39, 0.29) is 19.6 Å². The van der Waals surface area contributed by atoms with Gasteiger partial charge in [0.15, 0.2) is 0 Å². The van der Waals surface area contributed by atoms with Crippen molar-refractivity contribution in [3.05, 3.63) is 0 Å². The molecule has 0 aromatic carbocycles. The molecule has 0 amide bonds. The second-order valence-corrected chi connectivity index (χ2v) is 3.64. The van der Waals surface area contributed by atoms with Crippen LogP contribution >= 0.6 is 0 Å². The first-order chi connectivity index (χ1) is 6.56. The Kier molecular flexibility index (Phi) is 4.24. The first-order valence-corrected chi connectivity index (χ1v) is 4.62. The predicted molar refractivity (Wildman–Crippen MR) is 47.5 cm³/mol. The third kappa shape index (κ3) is 2.63. The quantitative estimate of drug-likeness (QED) is 0.290. The highest BCUT2D eigenvalue weighted by molar-refractivity contribution is 4.92. The molecule has 0 spiro atoms. The first-order valence-electron chi connectivity index (χ1n) is 4.62. The van der Waals surface area contributed by atoms with Crippen molar-refractivity contribution < 1.29 is 25.5 Å². The molecule has 14 heavy (non-hydrogen) atoms. The molecule has 1 aliphatic heterocycles. The minimum Gasteiger partial charge on any atom is -0.394 e. The van der Waals surface area contributed by atoms with E-state index in [0.29, 0.717) is 0 Å². The number of hydrogen-bond donors (Lipinski definition) is 6. The van der Waals surface area contributed by atoms with E-state index in [2.05, 4.69) is 5.32 Å². The highest BCUT2D eigenvalue weighted by atomic mass is 16.4. The van der Waals surface area contributed by atoms with Gasteiger partial charge < -0.3 is 30.8 Å². The zero-order chi connectivity index (χ0) is 10.7. The molecule has 1 heterocycles. The lowest BCUT2D eigenvalue weighted by Gasteiger charge is -2.36. The maximum absolute atomic E-state index is 9.49. The molecule has 5 atom stereocenters. The smallest absolute Gasteiger partial charge is 0.108 e. The molecule has 1 rings (SSSR count). The van der Waals surface area contributed by atoms with Gasteiger partial charge in [-0.3, -0.25) is 0 Å². The minimum absolute atomic E-state index is 0.140. The Morgan fingerprint density at radius 2 is 1.86 bits per heavy atom. The molecule has 0 aliphatic carbocycles. The molecule has 0 bridgehead atoms. The van der Waals surface area contributed by atoms with E-state index in [9.17, 15) is 15.3 Å². The second kappa shape index (κ2) is 5.01. The molecule has 0 unspecified atom stereocenters. The summed E-state index contributed by atoms with van der Waals surface area (Å²) in [4.78, 5) is 0. The van der Waals surface area contributed by atoms with Crippen molar-refractivity contribution in [3.8, 4) is 0 Å². The van der Waals surface area contributed by atoms with Gasteiger partial charge >= 0.3 is 0 Å². The van der Waals surface area contributed by atoms with Crippen LogP contribution in [0.1, 0.15) is 6.42 Å². The largest absolute Gasteiger partial charge is 0.394 e. The summed E-state index contributed by atoms with van der Waals surface area (Å²) in [6.07, 6.45) is -4.11. The molecule has 6 nitrogen and oxygen atoms in total. The van der Waals surface area contributed by atoms with Crippen LogP contribution in [-0.2, 0) is 0 Å². The highest BCUT2D eigenvalue weighted by Gasteiger charge is 2.36. The summed E-state index contributed by atoms with van der Waals surface area (Å²) >= 11 is 0. The van der Waals surface area contributed by atoms with Crippen LogP contribution in [0.3, 0.4) is 0 Å². The lowest BCUT2D eigenvalue weighted by atomic mass is 9.92. The molecule has 1 fully saturated rings. The summed E-state index contributed by atoms with van der Waals surface area (Å²) in [6, 6.07) is -0.504. The molecule has 6 heteroatoms. The standard InChI is InChI=1S/C8H17NO5/c10-3-4(11)1-5-7(13)8(14)6(12)2-9-5/h4-14H,1-3H2/t4-,5+,6+,7+,8+/m0/s1. The lowest BCUT2D eigenvalue weighted by Crippen LogP contribution is -2.60. The molecular formula is C8H17NO5. The molecule has 0 saturated carbocycles. The number of hydrogen-bond acceptors (Lipinski definition) is 6. The fourth-order valence-electron chi connectivity index (χ4n) is 1.57. The normalized spacial score (nSPS) is 40.9. The van der Waals surface area contributed by atoms with Gasteiger partial charge in [-0.2, -0.15) is 0 Å². The third-order valence-corrected chi connectivity index (χ3v) is 2.48. The van der Waals surface area contributed by atoms with Crippen LogP contribution in [-0.4, -0.2) is 69.1 Å². The SMILES string of the molecule is OC[C@@H](O)C[C@H]1NC[C@@H](O)[C@@H](O)[C@@H]1O. The number of aliphatic hydroxyl groups excluding tert-OH is 5. The molecule has 0 radical (unpaired) electrons. The number of rotatable bonds is 3. The van der Waals surface area contributed by atoms with Gasteiger partial charge in [-0.1, -0.05) is 0 Å². The van der Waals surface area contributed by atoms with Crippen molar-refractivity contribution in [2.75, 3.05) is 13.2 Å². The van der Waals surface area contributed by atoms with E-state index in [1.807, 2.05) is 0 Å². The zero-order valence-corrected chi connectivity index (χ0v) is 7.74. The highest BCUT2D eigenvalue weighted by Crippen LogP contribution is 2.14. The molecule has 84 valence electrons. The maximum Gasteiger partial charge on any atom is 0.108 e. The van der Waals surface area contributed by atoms with Crippen LogP contribution < -0.4 is 5.32 Å². The van der Waals surface area contributed by atoms with E-state index >= 15 is 0 Å². The molecule has 1 aliphatic rings.